The Morgan fingerprint density at radius 1 is 0.711 bits per heavy atom. The van der Waals surface area contributed by atoms with Crippen LogP contribution in [0, 0.1) is 0 Å². The Morgan fingerprint density at radius 3 is 1.68 bits per heavy atom. The Morgan fingerprint density at radius 2 is 1.21 bits per heavy atom. The van der Waals surface area contributed by atoms with Crippen LogP contribution in [0.3, 0.4) is 0 Å². The van der Waals surface area contributed by atoms with Crippen molar-refractivity contribution in [3.8, 4) is 17.2 Å². The zero-order valence-corrected chi connectivity index (χ0v) is 21.4. The number of thiophene rings is 2. The summed E-state index contributed by atoms with van der Waals surface area (Å²) in [7, 11) is 0. The topological polar surface area (TPSA) is 85.9 Å². The van der Waals surface area contributed by atoms with E-state index in [0.717, 1.165) is 31.8 Å². The summed E-state index contributed by atoms with van der Waals surface area (Å²) in [5, 5.41) is 37.4. The summed E-state index contributed by atoms with van der Waals surface area (Å²) in [6, 6.07) is 24.8. The number of carbonyl (C=O) groups is 1. The Balaban J connectivity index is 1.34. The number of phenols is 2. The molecule has 0 radical (unpaired) electrons. The van der Waals surface area contributed by atoms with Crippen molar-refractivity contribution in [1.29, 1.82) is 0 Å². The second-order valence-electron chi connectivity index (χ2n) is 9.03. The highest BCUT2D eigenvalue weighted by Crippen LogP contribution is 2.47. The highest BCUT2D eigenvalue weighted by atomic mass is 32.1. The number of Topliss-reactive ketones (excluding diaryl/α,β-unsaturated/α-hetero) is 1. The van der Waals surface area contributed by atoms with Gasteiger partial charge in [-0.1, -0.05) is 36.4 Å². The monoisotopic (exact) mass is 536 g/mol. The summed E-state index contributed by atoms with van der Waals surface area (Å²) >= 11 is 3.28. The number of carbonyl (C=O) groups excluding carboxylic acids is 1. The molecular weight excluding hydrogens is 516 g/mol. The maximum Gasteiger partial charge on any atom is 0.197 e. The summed E-state index contributed by atoms with van der Waals surface area (Å²) in [6.07, 6.45) is 0. The third kappa shape index (κ3) is 3.21. The molecule has 1 aliphatic carbocycles. The van der Waals surface area contributed by atoms with Gasteiger partial charge >= 0.3 is 0 Å². The fraction of sp³-hybridized carbons (Fsp3) is 0.0333. The molecule has 1 atom stereocenters. The summed E-state index contributed by atoms with van der Waals surface area (Å²) in [4.78, 5) is 15.3. The van der Waals surface area contributed by atoms with Gasteiger partial charge in [-0.15, -0.1) is 22.7 Å². The van der Waals surface area contributed by atoms with E-state index in [0.29, 0.717) is 5.69 Å². The number of aliphatic hydroxyl groups is 1. The third-order valence-corrected chi connectivity index (χ3v) is 8.87. The Bertz CT molecular complexity index is 1770. The fourth-order valence-corrected chi connectivity index (χ4v) is 7.19. The number of hydrogen-bond acceptors (Lipinski definition) is 7. The van der Waals surface area contributed by atoms with Gasteiger partial charge in [0.1, 0.15) is 17.3 Å². The smallest absolute Gasteiger partial charge is 0.197 e. The predicted octanol–water partition coefficient (Wildman–Crippen LogP) is 7.38. The fourth-order valence-electron chi connectivity index (χ4n) is 5.25. The van der Waals surface area contributed by atoms with E-state index in [2.05, 4.69) is 0 Å². The van der Waals surface area contributed by atoms with Crippen molar-refractivity contribution in [2.75, 3.05) is 4.90 Å². The number of aromatic hydroxyl groups is 2. The molecule has 1 aliphatic rings. The van der Waals surface area contributed by atoms with Crippen LogP contribution in [0.2, 0.25) is 0 Å². The minimum absolute atomic E-state index is 0.0659. The zero-order chi connectivity index (χ0) is 26.0. The van der Waals surface area contributed by atoms with Crippen molar-refractivity contribution in [3.05, 3.63) is 107 Å². The quantitative estimate of drug-likeness (QED) is 0.214. The Labute approximate surface area is 225 Å². The van der Waals surface area contributed by atoms with Crippen molar-refractivity contribution < 1.29 is 20.1 Å². The molecule has 6 nitrogen and oxygen atoms in total. The maximum absolute atomic E-state index is 13.6. The number of fused-ring (bicyclic) bond motifs is 3. The molecule has 0 aliphatic heterocycles. The molecule has 7 rings (SSSR count). The Hall–Kier alpha value is -4.53. The van der Waals surface area contributed by atoms with E-state index < -0.39 is 11.8 Å². The SMILES string of the molecule is O=C1C(c2c(O)cc(-n3c4ccsc4c4sccc43)cc2O)=C(O)C1N(c1ccccc1)c1ccccc1. The van der Waals surface area contributed by atoms with Gasteiger partial charge in [0.2, 0.25) is 0 Å². The average Bonchev–Trinajstić information content (AvgIpc) is 3.65. The molecular formula is C30H20N2O4S2. The first-order valence-electron chi connectivity index (χ1n) is 11.9. The molecule has 1 unspecified atom stereocenters. The number of ketones is 1. The minimum atomic E-state index is -0.978. The molecule has 6 aromatic rings. The van der Waals surface area contributed by atoms with E-state index in [4.69, 9.17) is 0 Å². The van der Waals surface area contributed by atoms with Crippen LogP contribution in [0.4, 0.5) is 11.4 Å². The van der Waals surface area contributed by atoms with Crippen molar-refractivity contribution in [2.24, 2.45) is 0 Å². The van der Waals surface area contributed by atoms with E-state index in [-0.39, 0.29) is 28.4 Å². The van der Waals surface area contributed by atoms with Crippen LogP contribution in [0.15, 0.2) is 101 Å². The Kier molecular flexibility index (Phi) is 5.07. The second-order valence-corrected chi connectivity index (χ2v) is 10.9. The molecule has 3 aromatic heterocycles. The van der Waals surface area contributed by atoms with Crippen molar-refractivity contribution in [3.63, 3.8) is 0 Å². The van der Waals surface area contributed by atoms with E-state index in [1.54, 1.807) is 27.6 Å². The number of aromatic nitrogens is 1. The highest BCUT2D eigenvalue weighted by molar-refractivity contribution is 7.25. The summed E-state index contributed by atoms with van der Waals surface area (Å²) in [5.74, 6) is -1.16. The standard InChI is InChI=1S/C30H20N2O4S2/c33-22-15-19(32-20-11-13-37-29(20)30-21(32)12-14-38-30)16-23(34)24(22)25-27(35)26(28(25)36)31(17-7-3-1-4-8-17)18-9-5-2-6-10-18/h1-16,26,33-35H. The van der Waals surface area contributed by atoms with Gasteiger partial charge in [0.05, 0.1) is 37.3 Å². The zero-order valence-electron chi connectivity index (χ0n) is 19.8. The minimum Gasteiger partial charge on any atom is -0.509 e. The number of anilines is 2. The number of rotatable bonds is 5. The van der Waals surface area contributed by atoms with E-state index in [1.165, 1.54) is 12.1 Å². The third-order valence-electron chi connectivity index (χ3n) is 6.90. The molecule has 0 saturated carbocycles. The predicted molar refractivity (Wildman–Crippen MR) is 153 cm³/mol. The maximum atomic E-state index is 13.6. The van der Waals surface area contributed by atoms with E-state index in [9.17, 15) is 20.1 Å². The van der Waals surface area contributed by atoms with Crippen LogP contribution >= 0.6 is 22.7 Å². The van der Waals surface area contributed by atoms with Crippen LogP contribution in [0.1, 0.15) is 5.56 Å². The van der Waals surface area contributed by atoms with Gasteiger partial charge in [-0.3, -0.25) is 4.79 Å². The first kappa shape index (κ1) is 22.7. The van der Waals surface area contributed by atoms with Gasteiger partial charge in [0, 0.05) is 23.5 Å². The van der Waals surface area contributed by atoms with Crippen molar-refractivity contribution in [2.45, 2.75) is 6.04 Å². The van der Waals surface area contributed by atoms with Crippen LogP contribution in [0.25, 0.3) is 31.7 Å². The van der Waals surface area contributed by atoms with Gasteiger partial charge in [-0.05, 0) is 47.2 Å². The van der Waals surface area contributed by atoms with Crippen molar-refractivity contribution >= 4 is 65.8 Å². The molecule has 3 heterocycles. The number of para-hydroxylation sites is 2. The number of hydrogen-bond donors (Lipinski definition) is 3. The van der Waals surface area contributed by atoms with E-state index in [1.807, 2.05) is 88.1 Å². The lowest BCUT2D eigenvalue weighted by molar-refractivity contribution is -0.116. The lowest BCUT2D eigenvalue weighted by Gasteiger charge is -2.38. The van der Waals surface area contributed by atoms with E-state index >= 15 is 0 Å². The molecule has 0 bridgehead atoms. The molecule has 0 saturated heterocycles. The number of phenolic OH excluding ortho intramolecular Hbond substituents is 2. The van der Waals surface area contributed by atoms with Crippen molar-refractivity contribution in [1.82, 2.24) is 4.57 Å². The summed E-state index contributed by atoms with van der Waals surface area (Å²) in [5.41, 5.74) is 3.85. The van der Waals surface area contributed by atoms with Crippen LogP contribution < -0.4 is 4.90 Å². The van der Waals surface area contributed by atoms with Gasteiger partial charge in [-0.25, -0.2) is 0 Å². The normalized spacial score (nSPS) is 15.4. The van der Waals surface area contributed by atoms with Crippen LogP contribution in [-0.4, -0.2) is 31.7 Å². The molecule has 0 amide bonds. The molecule has 0 fully saturated rings. The molecule has 38 heavy (non-hydrogen) atoms. The molecule has 3 aromatic carbocycles. The van der Waals surface area contributed by atoms with Gasteiger partial charge in [0.15, 0.2) is 11.8 Å². The molecule has 186 valence electrons. The number of nitrogens with zero attached hydrogens (tertiary/aromatic N) is 2. The number of aliphatic hydroxyl groups excluding tert-OH is 1. The first-order chi connectivity index (χ1) is 18.5. The van der Waals surface area contributed by atoms with Crippen LogP contribution in [-0.2, 0) is 4.79 Å². The largest absolute Gasteiger partial charge is 0.509 e. The van der Waals surface area contributed by atoms with Crippen LogP contribution in [0.5, 0.6) is 11.5 Å². The number of benzene rings is 3. The molecule has 0 spiro atoms. The lowest BCUT2D eigenvalue weighted by atomic mass is 9.81. The first-order valence-corrected chi connectivity index (χ1v) is 13.7. The second kappa shape index (κ2) is 8.51. The average molecular weight is 537 g/mol. The summed E-state index contributed by atoms with van der Waals surface area (Å²) < 4.78 is 4.25. The van der Waals surface area contributed by atoms with Gasteiger partial charge < -0.3 is 24.8 Å². The van der Waals surface area contributed by atoms with Gasteiger partial charge in [0.25, 0.3) is 0 Å². The lowest BCUT2D eigenvalue weighted by Crippen LogP contribution is -2.47. The molecule has 8 heteroatoms. The molecule has 3 N–H and O–H groups in total. The highest BCUT2D eigenvalue weighted by Gasteiger charge is 2.46. The summed E-state index contributed by atoms with van der Waals surface area (Å²) in [6.45, 7) is 0. The van der Waals surface area contributed by atoms with Gasteiger partial charge in [-0.2, -0.15) is 0 Å².